The number of rotatable bonds is 4. The predicted octanol–water partition coefficient (Wildman–Crippen LogP) is 2.49. The number of amides is 1. The number of pyridine rings is 2. The lowest BCUT2D eigenvalue weighted by molar-refractivity contribution is 0.0368. The fourth-order valence-corrected chi connectivity index (χ4v) is 3.50. The minimum atomic E-state index is -0.214. The Balaban J connectivity index is 1.55. The second kappa shape index (κ2) is 8.54. The van der Waals surface area contributed by atoms with Crippen molar-refractivity contribution in [2.75, 3.05) is 31.6 Å². The molecule has 4 heterocycles. The van der Waals surface area contributed by atoms with E-state index in [4.69, 9.17) is 9.72 Å². The number of aromatic nitrogens is 4. The maximum Gasteiger partial charge on any atom is 0.269 e. The molecule has 1 fully saturated rings. The molecule has 0 aromatic carbocycles. The van der Waals surface area contributed by atoms with Gasteiger partial charge in [-0.3, -0.25) is 9.78 Å². The van der Waals surface area contributed by atoms with Gasteiger partial charge in [-0.15, -0.1) is 0 Å². The summed E-state index contributed by atoms with van der Waals surface area (Å²) in [5.74, 6) is 1.47. The lowest BCUT2D eigenvalue weighted by atomic mass is 10.1. The number of anilines is 1. The van der Waals surface area contributed by atoms with Crippen molar-refractivity contribution in [1.29, 1.82) is 0 Å². The van der Waals surface area contributed by atoms with Crippen molar-refractivity contribution in [3.8, 4) is 11.3 Å². The maximum absolute atomic E-state index is 11.7. The topological polar surface area (TPSA) is 93.1 Å². The molecule has 0 aliphatic carbocycles. The molecule has 1 amide bonds. The van der Waals surface area contributed by atoms with Crippen LogP contribution in [0.25, 0.3) is 11.3 Å². The van der Waals surface area contributed by atoms with Crippen molar-refractivity contribution in [2.24, 2.45) is 0 Å². The number of nitrogens with zero attached hydrogens (tertiary/aromatic N) is 5. The summed E-state index contributed by atoms with van der Waals surface area (Å²) in [6.45, 7) is 5.92. The van der Waals surface area contributed by atoms with E-state index in [1.165, 1.54) is 0 Å². The first-order chi connectivity index (χ1) is 14.5. The molecular weight excluding hydrogens is 380 g/mol. The van der Waals surface area contributed by atoms with Crippen LogP contribution in [0.4, 0.5) is 5.82 Å². The average molecular weight is 404 g/mol. The first kappa shape index (κ1) is 19.9. The van der Waals surface area contributed by atoms with Gasteiger partial charge in [0.25, 0.3) is 5.91 Å². The van der Waals surface area contributed by atoms with E-state index in [1.807, 2.05) is 44.2 Å². The Morgan fingerprint density at radius 1 is 1.17 bits per heavy atom. The summed E-state index contributed by atoms with van der Waals surface area (Å²) in [4.78, 5) is 31.9. The van der Waals surface area contributed by atoms with Crippen molar-refractivity contribution < 1.29 is 9.53 Å². The third-order valence-corrected chi connectivity index (χ3v) is 4.96. The predicted molar refractivity (Wildman–Crippen MR) is 113 cm³/mol. The van der Waals surface area contributed by atoms with E-state index < -0.39 is 0 Å². The van der Waals surface area contributed by atoms with Gasteiger partial charge in [-0.1, -0.05) is 6.07 Å². The van der Waals surface area contributed by atoms with Crippen LogP contribution < -0.4 is 10.2 Å². The standard InChI is InChI=1S/C22H24N6O2/c1-14-11-21(26-15(2)25-14)28-9-10-30-20(13-28)18-6-4-5-17(27-18)16-7-8-19(24-12-16)22(29)23-3/h4-8,11-12,20H,9-10,13H2,1-3H3,(H,23,29)/t20-/m1/s1. The number of hydrogen-bond acceptors (Lipinski definition) is 7. The summed E-state index contributed by atoms with van der Waals surface area (Å²) >= 11 is 0. The molecule has 4 rings (SSSR count). The largest absolute Gasteiger partial charge is 0.368 e. The molecule has 0 bridgehead atoms. The van der Waals surface area contributed by atoms with Crippen LogP contribution in [0.1, 0.15) is 33.8 Å². The lowest BCUT2D eigenvalue weighted by Crippen LogP contribution is -2.39. The van der Waals surface area contributed by atoms with Crippen LogP contribution in [0.2, 0.25) is 0 Å². The van der Waals surface area contributed by atoms with Gasteiger partial charge in [0.1, 0.15) is 23.4 Å². The Hall–Kier alpha value is -3.39. The van der Waals surface area contributed by atoms with Gasteiger partial charge in [-0.25, -0.2) is 15.0 Å². The van der Waals surface area contributed by atoms with E-state index >= 15 is 0 Å². The Morgan fingerprint density at radius 2 is 2.03 bits per heavy atom. The first-order valence-corrected chi connectivity index (χ1v) is 9.88. The van der Waals surface area contributed by atoms with Crippen molar-refractivity contribution in [1.82, 2.24) is 25.3 Å². The van der Waals surface area contributed by atoms with E-state index in [1.54, 1.807) is 19.3 Å². The third kappa shape index (κ3) is 4.28. The quantitative estimate of drug-likeness (QED) is 0.714. The number of nitrogens with one attached hydrogen (secondary N) is 1. The molecule has 1 N–H and O–H groups in total. The zero-order valence-electron chi connectivity index (χ0n) is 17.3. The van der Waals surface area contributed by atoms with Gasteiger partial charge in [0.2, 0.25) is 0 Å². The minimum absolute atomic E-state index is 0.160. The number of carbonyl (C=O) groups excluding carboxylic acids is 1. The second-order valence-electron chi connectivity index (χ2n) is 7.18. The third-order valence-electron chi connectivity index (χ3n) is 4.96. The highest BCUT2D eigenvalue weighted by atomic mass is 16.5. The fourth-order valence-electron chi connectivity index (χ4n) is 3.50. The van der Waals surface area contributed by atoms with Crippen molar-refractivity contribution in [3.63, 3.8) is 0 Å². The Labute approximate surface area is 175 Å². The molecular formula is C22H24N6O2. The first-order valence-electron chi connectivity index (χ1n) is 9.88. The monoisotopic (exact) mass is 404 g/mol. The van der Waals surface area contributed by atoms with Crippen LogP contribution in [0.5, 0.6) is 0 Å². The number of hydrogen-bond donors (Lipinski definition) is 1. The van der Waals surface area contributed by atoms with Gasteiger partial charge < -0.3 is 15.0 Å². The minimum Gasteiger partial charge on any atom is -0.368 e. The van der Waals surface area contributed by atoms with Gasteiger partial charge in [0.15, 0.2) is 0 Å². The highest BCUT2D eigenvalue weighted by Crippen LogP contribution is 2.26. The molecule has 30 heavy (non-hydrogen) atoms. The SMILES string of the molecule is CNC(=O)c1ccc(-c2cccc([C@H]3CN(c4cc(C)nc(C)n4)CCO3)n2)cn1. The summed E-state index contributed by atoms with van der Waals surface area (Å²) in [6, 6.07) is 11.4. The highest BCUT2D eigenvalue weighted by Gasteiger charge is 2.24. The van der Waals surface area contributed by atoms with Crippen LogP contribution in [0.15, 0.2) is 42.6 Å². The van der Waals surface area contributed by atoms with Crippen LogP contribution in [-0.2, 0) is 4.74 Å². The Bertz CT molecular complexity index is 1030. The molecule has 1 aliphatic rings. The molecule has 0 unspecified atom stereocenters. The molecule has 1 aliphatic heterocycles. The summed E-state index contributed by atoms with van der Waals surface area (Å²) in [7, 11) is 1.58. The summed E-state index contributed by atoms with van der Waals surface area (Å²) in [5, 5.41) is 2.57. The zero-order valence-corrected chi connectivity index (χ0v) is 17.3. The lowest BCUT2D eigenvalue weighted by Gasteiger charge is -2.33. The number of carbonyl (C=O) groups is 1. The Kier molecular flexibility index (Phi) is 5.67. The molecule has 1 saturated heterocycles. The van der Waals surface area contributed by atoms with E-state index in [-0.39, 0.29) is 12.0 Å². The van der Waals surface area contributed by atoms with Gasteiger partial charge in [-0.05, 0) is 38.1 Å². The molecule has 8 heteroatoms. The Morgan fingerprint density at radius 3 is 2.77 bits per heavy atom. The van der Waals surface area contributed by atoms with Crippen LogP contribution in [0, 0.1) is 13.8 Å². The van der Waals surface area contributed by atoms with Crippen molar-refractivity contribution in [2.45, 2.75) is 20.0 Å². The van der Waals surface area contributed by atoms with Gasteiger partial charge in [-0.2, -0.15) is 0 Å². The maximum atomic E-state index is 11.7. The van der Waals surface area contributed by atoms with Gasteiger partial charge in [0.05, 0.1) is 24.5 Å². The van der Waals surface area contributed by atoms with E-state index in [0.29, 0.717) is 18.8 Å². The molecule has 0 radical (unpaired) electrons. The van der Waals surface area contributed by atoms with E-state index in [9.17, 15) is 4.79 Å². The van der Waals surface area contributed by atoms with Crippen molar-refractivity contribution >= 4 is 11.7 Å². The fraction of sp³-hybridized carbons (Fsp3) is 0.318. The van der Waals surface area contributed by atoms with Crippen LogP contribution in [0.3, 0.4) is 0 Å². The molecule has 1 atom stereocenters. The van der Waals surface area contributed by atoms with Crippen LogP contribution in [-0.4, -0.2) is 52.6 Å². The second-order valence-corrected chi connectivity index (χ2v) is 7.18. The van der Waals surface area contributed by atoms with E-state index in [0.717, 1.165) is 40.8 Å². The summed E-state index contributed by atoms with van der Waals surface area (Å²) < 4.78 is 6.02. The van der Waals surface area contributed by atoms with Gasteiger partial charge >= 0.3 is 0 Å². The number of ether oxygens (including phenoxy) is 1. The molecule has 8 nitrogen and oxygen atoms in total. The van der Waals surface area contributed by atoms with Crippen molar-refractivity contribution in [3.05, 3.63) is 65.5 Å². The molecule has 0 saturated carbocycles. The van der Waals surface area contributed by atoms with Crippen LogP contribution >= 0.6 is 0 Å². The highest BCUT2D eigenvalue weighted by molar-refractivity contribution is 5.92. The van der Waals surface area contributed by atoms with Gasteiger partial charge in [0, 0.05) is 37.1 Å². The zero-order chi connectivity index (χ0) is 21.1. The summed E-state index contributed by atoms with van der Waals surface area (Å²) in [5.41, 5.74) is 3.82. The number of morpholine rings is 1. The molecule has 0 spiro atoms. The normalized spacial score (nSPS) is 16.4. The van der Waals surface area contributed by atoms with E-state index in [2.05, 4.69) is 25.2 Å². The average Bonchev–Trinajstić information content (AvgIpc) is 2.78. The molecule has 3 aromatic heterocycles. The molecule has 3 aromatic rings. The molecule has 154 valence electrons. The summed E-state index contributed by atoms with van der Waals surface area (Å²) in [6.07, 6.45) is 1.50. The number of aryl methyl sites for hydroxylation is 2. The smallest absolute Gasteiger partial charge is 0.269 e.